The standard InChI is InChI=1S/C16H22BrNO/c1-16(2,3)13-6-8-18(9-7-13)15-5-4-14(17)10-12(15)11-19/h4-6,10,19H,7-9,11H2,1-3H3. The van der Waals surface area contributed by atoms with E-state index in [9.17, 15) is 5.11 Å². The van der Waals surface area contributed by atoms with Gasteiger partial charge < -0.3 is 10.0 Å². The van der Waals surface area contributed by atoms with Gasteiger partial charge in [-0.2, -0.15) is 0 Å². The van der Waals surface area contributed by atoms with Crippen LogP contribution in [0.5, 0.6) is 0 Å². The molecule has 0 bridgehead atoms. The van der Waals surface area contributed by atoms with E-state index >= 15 is 0 Å². The highest BCUT2D eigenvalue weighted by Gasteiger charge is 2.22. The zero-order chi connectivity index (χ0) is 14.0. The van der Waals surface area contributed by atoms with Gasteiger partial charge in [-0.05, 0) is 30.0 Å². The van der Waals surface area contributed by atoms with Crippen LogP contribution in [0.25, 0.3) is 0 Å². The van der Waals surface area contributed by atoms with Crippen molar-refractivity contribution in [2.75, 3.05) is 18.0 Å². The number of halogens is 1. The maximum absolute atomic E-state index is 9.49. The maximum Gasteiger partial charge on any atom is 0.0702 e. The van der Waals surface area contributed by atoms with Crippen molar-refractivity contribution in [3.05, 3.63) is 39.9 Å². The van der Waals surface area contributed by atoms with Gasteiger partial charge in [0.25, 0.3) is 0 Å². The lowest BCUT2D eigenvalue weighted by Gasteiger charge is -2.34. The molecule has 2 rings (SSSR count). The minimum Gasteiger partial charge on any atom is -0.392 e. The molecule has 1 aliphatic rings. The summed E-state index contributed by atoms with van der Waals surface area (Å²) in [5, 5.41) is 9.49. The molecule has 0 fully saturated rings. The van der Waals surface area contributed by atoms with Gasteiger partial charge in [0.2, 0.25) is 0 Å². The van der Waals surface area contributed by atoms with Gasteiger partial charge in [0.1, 0.15) is 0 Å². The van der Waals surface area contributed by atoms with Gasteiger partial charge in [-0.25, -0.2) is 0 Å². The summed E-state index contributed by atoms with van der Waals surface area (Å²) in [6.45, 7) is 8.86. The highest BCUT2D eigenvalue weighted by atomic mass is 79.9. The smallest absolute Gasteiger partial charge is 0.0702 e. The summed E-state index contributed by atoms with van der Waals surface area (Å²) in [4.78, 5) is 2.34. The van der Waals surface area contributed by atoms with E-state index in [1.54, 1.807) is 0 Å². The van der Waals surface area contributed by atoms with Crippen LogP contribution in [0.15, 0.2) is 34.3 Å². The molecule has 3 heteroatoms. The Morgan fingerprint density at radius 2 is 2.05 bits per heavy atom. The molecule has 0 amide bonds. The Balaban J connectivity index is 2.20. The normalized spacial score (nSPS) is 16.5. The average Bonchev–Trinajstić information content (AvgIpc) is 2.37. The summed E-state index contributed by atoms with van der Waals surface area (Å²) in [6, 6.07) is 6.13. The van der Waals surface area contributed by atoms with Crippen LogP contribution in [0, 0.1) is 5.41 Å². The first-order valence-corrected chi connectivity index (χ1v) is 7.55. The maximum atomic E-state index is 9.49. The predicted octanol–water partition coefficient (Wildman–Crippen LogP) is 4.12. The summed E-state index contributed by atoms with van der Waals surface area (Å²) in [5.74, 6) is 0. The number of anilines is 1. The van der Waals surface area contributed by atoms with Gasteiger partial charge in [0.15, 0.2) is 0 Å². The molecule has 104 valence electrons. The Bertz CT molecular complexity index is 488. The number of aliphatic hydroxyl groups excluding tert-OH is 1. The largest absolute Gasteiger partial charge is 0.392 e. The zero-order valence-corrected chi connectivity index (χ0v) is 13.5. The molecule has 1 aromatic carbocycles. The predicted molar refractivity (Wildman–Crippen MR) is 84.4 cm³/mol. The van der Waals surface area contributed by atoms with Crippen LogP contribution < -0.4 is 4.90 Å². The summed E-state index contributed by atoms with van der Waals surface area (Å²) in [6.07, 6.45) is 3.44. The molecule has 1 aromatic rings. The number of hydrogen-bond donors (Lipinski definition) is 1. The zero-order valence-electron chi connectivity index (χ0n) is 11.9. The van der Waals surface area contributed by atoms with E-state index in [0.29, 0.717) is 0 Å². The van der Waals surface area contributed by atoms with E-state index < -0.39 is 0 Å². The molecule has 0 spiro atoms. The molecule has 0 aliphatic carbocycles. The summed E-state index contributed by atoms with van der Waals surface area (Å²) < 4.78 is 1.02. The third-order valence-electron chi connectivity index (χ3n) is 3.73. The SMILES string of the molecule is CC(C)(C)C1=CCN(c2ccc(Br)cc2CO)CC1. The van der Waals surface area contributed by atoms with Gasteiger partial charge in [0.05, 0.1) is 6.61 Å². The van der Waals surface area contributed by atoms with E-state index in [2.05, 4.69) is 53.7 Å². The Hall–Kier alpha value is -0.800. The van der Waals surface area contributed by atoms with Gasteiger partial charge >= 0.3 is 0 Å². The second-order valence-electron chi connectivity index (χ2n) is 6.11. The Kier molecular flexibility index (Phi) is 4.36. The van der Waals surface area contributed by atoms with Crippen LogP contribution in [0.2, 0.25) is 0 Å². The summed E-state index contributed by atoms with van der Waals surface area (Å²) in [7, 11) is 0. The lowest BCUT2D eigenvalue weighted by atomic mass is 9.83. The fourth-order valence-electron chi connectivity index (χ4n) is 2.56. The molecular weight excluding hydrogens is 302 g/mol. The molecule has 1 aliphatic heterocycles. The molecule has 0 atom stereocenters. The lowest BCUT2D eigenvalue weighted by Crippen LogP contribution is -2.31. The first-order valence-electron chi connectivity index (χ1n) is 6.75. The number of hydrogen-bond acceptors (Lipinski definition) is 2. The number of rotatable bonds is 2. The molecule has 0 aromatic heterocycles. The fourth-order valence-corrected chi connectivity index (χ4v) is 2.97. The van der Waals surface area contributed by atoms with Crippen LogP contribution in [-0.4, -0.2) is 18.2 Å². The summed E-state index contributed by atoms with van der Waals surface area (Å²) in [5.41, 5.74) is 3.94. The molecule has 19 heavy (non-hydrogen) atoms. The van der Waals surface area contributed by atoms with Crippen molar-refractivity contribution in [3.63, 3.8) is 0 Å². The van der Waals surface area contributed by atoms with Crippen LogP contribution in [0.1, 0.15) is 32.8 Å². The van der Waals surface area contributed by atoms with E-state index in [1.807, 2.05) is 12.1 Å². The van der Waals surface area contributed by atoms with Crippen molar-refractivity contribution >= 4 is 21.6 Å². The molecular formula is C16H22BrNO. The van der Waals surface area contributed by atoms with Crippen molar-refractivity contribution in [2.45, 2.75) is 33.8 Å². The second kappa shape index (κ2) is 5.68. The van der Waals surface area contributed by atoms with Crippen molar-refractivity contribution in [2.24, 2.45) is 5.41 Å². The minimum absolute atomic E-state index is 0.0844. The molecule has 0 saturated heterocycles. The number of benzene rings is 1. The van der Waals surface area contributed by atoms with Crippen LogP contribution >= 0.6 is 15.9 Å². The topological polar surface area (TPSA) is 23.5 Å². The van der Waals surface area contributed by atoms with E-state index in [4.69, 9.17) is 0 Å². The van der Waals surface area contributed by atoms with Gasteiger partial charge in [-0.15, -0.1) is 0 Å². The molecule has 0 saturated carbocycles. The Morgan fingerprint density at radius 3 is 2.58 bits per heavy atom. The van der Waals surface area contributed by atoms with Crippen molar-refractivity contribution in [1.82, 2.24) is 0 Å². The molecule has 2 nitrogen and oxygen atoms in total. The fraction of sp³-hybridized carbons (Fsp3) is 0.500. The van der Waals surface area contributed by atoms with Crippen molar-refractivity contribution in [3.8, 4) is 0 Å². The molecule has 1 heterocycles. The monoisotopic (exact) mass is 323 g/mol. The first-order chi connectivity index (χ1) is 8.91. The first kappa shape index (κ1) is 14.6. The molecule has 1 N–H and O–H groups in total. The third kappa shape index (κ3) is 3.40. The molecule has 0 radical (unpaired) electrons. The molecule has 0 unspecified atom stereocenters. The second-order valence-corrected chi connectivity index (χ2v) is 7.02. The quantitative estimate of drug-likeness (QED) is 0.827. The van der Waals surface area contributed by atoms with E-state index in [1.165, 1.54) is 5.57 Å². The van der Waals surface area contributed by atoms with Crippen molar-refractivity contribution in [1.29, 1.82) is 0 Å². The van der Waals surface area contributed by atoms with Gasteiger partial charge in [-0.1, -0.05) is 48.4 Å². The van der Waals surface area contributed by atoms with Gasteiger partial charge in [0, 0.05) is 28.8 Å². The van der Waals surface area contributed by atoms with E-state index in [0.717, 1.165) is 35.2 Å². The minimum atomic E-state index is 0.0844. The van der Waals surface area contributed by atoms with E-state index in [-0.39, 0.29) is 12.0 Å². The number of aliphatic hydroxyl groups is 1. The Morgan fingerprint density at radius 1 is 1.32 bits per heavy atom. The number of nitrogens with zero attached hydrogens (tertiary/aromatic N) is 1. The van der Waals surface area contributed by atoms with Gasteiger partial charge in [-0.3, -0.25) is 0 Å². The van der Waals surface area contributed by atoms with Crippen LogP contribution in [0.3, 0.4) is 0 Å². The van der Waals surface area contributed by atoms with Crippen molar-refractivity contribution < 1.29 is 5.11 Å². The van der Waals surface area contributed by atoms with Crippen LogP contribution in [-0.2, 0) is 6.61 Å². The summed E-state index contributed by atoms with van der Waals surface area (Å²) >= 11 is 3.46. The lowest BCUT2D eigenvalue weighted by molar-refractivity contribution is 0.282. The third-order valence-corrected chi connectivity index (χ3v) is 4.22. The highest BCUT2D eigenvalue weighted by molar-refractivity contribution is 9.10. The Labute approximate surface area is 124 Å². The average molecular weight is 324 g/mol. The highest BCUT2D eigenvalue weighted by Crippen LogP contribution is 2.33. The van der Waals surface area contributed by atoms with Crippen LogP contribution in [0.4, 0.5) is 5.69 Å².